The van der Waals surface area contributed by atoms with Gasteiger partial charge in [0.15, 0.2) is 0 Å². The molecule has 7 nitrogen and oxygen atoms in total. The number of hydrogen-bond donors (Lipinski definition) is 1. The molecule has 0 spiro atoms. The van der Waals surface area contributed by atoms with Gasteiger partial charge in [-0.2, -0.15) is 0 Å². The highest BCUT2D eigenvalue weighted by molar-refractivity contribution is 8.26. The molecule has 0 radical (unpaired) electrons. The predicted molar refractivity (Wildman–Crippen MR) is 174 cm³/mol. The minimum Gasteiger partial charge on any atom is -0.492 e. The van der Waals surface area contributed by atoms with Gasteiger partial charge in [-0.05, 0) is 86.1 Å². The quantitative estimate of drug-likeness (QED) is 0.163. The smallest absolute Gasteiger partial charge is 0.335 e. The van der Waals surface area contributed by atoms with Crippen molar-refractivity contribution < 1.29 is 24.2 Å². The zero-order valence-electron chi connectivity index (χ0n) is 23.8. The minimum atomic E-state index is -0.973. The molecule has 1 saturated heterocycles. The highest BCUT2D eigenvalue weighted by Gasteiger charge is 2.32. The van der Waals surface area contributed by atoms with Gasteiger partial charge in [0, 0.05) is 18.7 Å². The topological polar surface area (TPSA) is 79.3 Å². The van der Waals surface area contributed by atoms with Crippen molar-refractivity contribution in [3.8, 4) is 22.6 Å². The average Bonchev–Trinajstić information content (AvgIpc) is 3.23. The molecule has 1 aliphatic rings. The summed E-state index contributed by atoms with van der Waals surface area (Å²) < 4.78 is 12.3. The summed E-state index contributed by atoms with van der Waals surface area (Å²) in [5.41, 5.74) is 3.75. The van der Waals surface area contributed by atoms with Crippen molar-refractivity contribution >= 4 is 57.9 Å². The molecule has 0 aliphatic carbocycles. The lowest BCUT2D eigenvalue weighted by Crippen LogP contribution is -2.30. The molecular weight excluding hydrogens is 592 g/mol. The van der Waals surface area contributed by atoms with E-state index in [1.54, 1.807) is 29.2 Å². The number of ether oxygens (including phenoxy) is 2. The fourth-order valence-electron chi connectivity index (χ4n) is 4.21. The molecular formula is C32H33ClN2O5S2. The molecule has 0 atom stereocenters. The van der Waals surface area contributed by atoms with Crippen molar-refractivity contribution in [1.82, 2.24) is 9.80 Å². The van der Waals surface area contributed by atoms with Gasteiger partial charge in [0.2, 0.25) is 0 Å². The number of likely N-dealkylation sites (N-methyl/N-ethyl adjacent to an activating group) is 1. The van der Waals surface area contributed by atoms with Crippen LogP contribution in [-0.2, 0) is 11.2 Å². The number of carboxylic acids is 1. The van der Waals surface area contributed by atoms with Crippen molar-refractivity contribution in [3.05, 3.63) is 87.3 Å². The molecule has 1 N–H and O–H groups in total. The second-order valence-corrected chi connectivity index (χ2v) is 12.1. The molecule has 10 heteroatoms. The van der Waals surface area contributed by atoms with Crippen molar-refractivity contribution in [2.75, 3.05) is 40.4 Å². The SMILES string of the molecule is CCCOc1ccc(-c2ccc(OCCN(C)C)c(/C=C3\SC(=S)N(CCc4ccc(C(=O)O)cc4)C3=O)c2)cc1Cl. The van der Waals surface area contributed by atoms with Gasteiger partial charge in [-0.1, -0.05) is 66.8 Å². The summed E-state index contributed by atoms with van der Waals surface area (Å²) in [6.07, 6.45) is 3.27. The molecule has 1 fully saturated rings. The van der Waals surface area contributed by atoms with Gasteiger partial charge in [0.25, 0.3) is 5.91 Å². The minimum absolute atomic E-state index is 0.169. The summed E-state index contributed by atoms with van der Waals surface area (Å²) in [7, 11) is 3.97. The number of halogens is 1. The highest BCUT2D eigenvalue weighted by Crippen LogP contribution is 2.37. The van der Waals surface area contributed by atoms with E-state index in [1.165, 1.54) is 11.8 Å². The van der Waals surface area contributed by atoms with Crippen LogP contribution in [0.4, 0.5) is 0 Å². The Morgan fingerprint density at radius 2 is 1.69 bits per heavy atom. The Kier molecular flexibility index (Phi) is 11.0. The summed E-state index contributed by atoms with van der Waals surface area (Å²) in [4.78, 5) is 28.7. The summed E-state index contributed by atoms with van der Waals surface area (Å²) >= 11 is 13.3. The van der Waals surface area contributed by atoms with Gasteiger partial charge >= 0.3 is 5.97 Å². The van der Waals surface area contributed by atoms with E-state index in [-0.39, 0.29) is 11.5 Å². The Morgan fingerprint density at radius 3 is 2.33 bits per heavy atom. The van der Waals surface area contributed by atoms with Crippen LogP contribution >= 0.6 is 35.6 Å². The van der Waals surface area contributed by atoms with Crippen LogP contribution in [0.5, 0.6) is 11.5 Å². The molecule has 0 unspecified atom stereocenters. The molecule has 1 aliphatic heterocycles. The largest absolute Gasteiger partial charge is 0.492 e. The van der Waals surface area contributed by atoms with E-state index in [0.717, 1.165) is 35.2 Å². The number of rotatable bonds is 13. The number of thiocarbonyl (C=S) groups is 1. The van der Waals surface area contributed by atoms with Crippen LogP contribution < -0.4 is 9.47 Å². The number of nitrogens with zero attached hydrogens (tertiary/aromatic N) is 2. The van der Waals surface area contributed by atoms with E-state index in [0.29, 0.717) is 51.9 Å². The first-order valence-corrected chi connectivity index (χ1v) is 15.2. The first-order chi connectivity index (χ1) is 20.2. The van der Waals surface area contributed by atoms with Gasteiger partial charge in [-0.15, -0.1) is 0 Å². The Bertz CT molecular complexity index is 1490. The number of amides is 1. The molecule has 1 heterocycles. The lowest BCUT2D eigenvalue weighted by atomic mass is 10.0. The lowest BCUT2D eigenvalue weighted by Gasteiger charge is -2.15. The number of carboxylic acid groups (broad SMARTS) is 1. The Balaban J connectivity index is 1.57. The lowest BCUT2D eigenvalue weighted by molar-refractivity contribution is -0.122. The number of hydrogen-bond acceptors (Lipinski definition) is 7. The molecule has 0 aromatic heterocycles. The zero-order valence-corrected chi connectivity index (χ0v) is 26.2. The van der Waals surface area contributed by atoms with E-state index in [1.807, 2.05) is 68.4 Å². The standard InChI is InChI=1S/C32H33ClN2O5S2/c1-4-16-39-28-12-10-24(19-26(28)33)23-9-11-27(40-17-15-34(2)3)25(18-23)20-29-30(36)35(32(41)42-29)14-13-21-5-7-22(8-6-21)31(37)38/h5-12,18-20H,4,13-17H2,1-3H3,(H,37,38)/b29-20-. The predicted octanol–water partition coefficient (Wildman–Crippen LogP) is 6.88. The van der Waals surface area contributed by atoms with Crippen LogP contribution in [0.15, 0.2) is 65.6 Å². The van der Waals surface area contributed by atoms with Crippen molar-refractivity contribution in [2.45, 2.75) is 19.8 Å². The zero-order chi connectivity index (χ0) is 30.2. The number of benzene rings is 3. The Labute approximate surface area is 261 Å². The maximum absolute atomic E-state index is 13.4. The third-order valence-corrected chi connectivity index (χ3v) is 8.19. The fraction of sp³-hybridized carbons (Fsp3) is 0.281. The molecule has 1 amide bonds. The molecule has 42 heavy (non-hydrogen) atoms. The van der Waals surface area contributed by atoms with Crippen LogP contribution in [-0.4, -0.2) is 71.5 Å². The monoisotopic (exact) mass is 624 g/mol. The second kappa shape index (κ2) is 14.7. The number of aromatic carboxylic acids is 1. The van der Waals surface area contributed by atoms with Crippen molar-refractivity contribution in [1.29, 1.82) is 0 Å². The Morgan fingerprint density at radius 1 is 1.02 bits per heavy atom. The third kappa shape index (κ3) is 8.13. The second-order valence-electron chi connectivity index (χ2n) is 9.98. The van der Waals surface area contributed by atoms with Crippen LogP contribution in [0.25, 0.3) is 17.2 Å². The van der Waals surface area contributed by atoms with Crippen molar-refractivity contribution in [3.63, 3.8) is 0 Å². The van der Waals surface area contributed by atoms with Crippen LogP contribution in [0, 0.1) is 0 Å². The first-order valence-electron chi connectivity index (χ1n) is 13.6. The fourth-order valence-corrected chi connectivity index (χ4v) is 5.74. The maximum atomic E-state index is 13.4. The molecule has 3 aromatic rings. The number of carbonyl (C=O) groups excluding carboxylic acids is 1. The number of thioether (sulfide) groups is 1. The summed E-state index contributed by atoms with van der Waals surface area (Å²) in [5.74, 6) is 0.169. The molecule has 0 saturated carbocycles. The van der Waals surface area contributed by atoms with E-state index in [4.69, 9.17) is 38.4 Å². The van der Waals surface area contributed by atoms with Gasteiger partial charge in [-0.3, -0.25) is 9.69 Å². The van der Waals surface area contributed by atoms with E-state index < -0.39 is 5.97 Å². The molecule has 3 aromatic carbocycles. The van der Waals surface area contributed by atoms with Crippen LogP contribution in [0.3, 0.4) is 0 Å². The van der Waals surface area contributed by atoms with Crippen molar-refractivity contribution in [2.24, 2.45) is 0 Å². The number of carbonyl (C=O) groups is 2. The van der Waals surface area contributed by atoms with E-state index in [9.17, 15) is 9.59 Å². The van der Waals surface area contributed by atoms with Gasteiger partial charge in [0.05, 0.1) is 22.1 Å². The summed E-state index contributed by atoms with van der Waals surface area (Å²) in [6, 6.07) is 18.2. The van der Waals surface area contributed by atoms with Gasteiger partial charge in [0.1, 0.15) is 22.4 Å². The summed E-state index contributed by atoms with van der Waals surface area (Å²) in [5, 5.41) is 9.66. The van der Waals surface area contributed by atoms with Crippen LogP contribution in [0.2, 0.25) is 5.02 Å². The van der Waals surface area contributed by atoms with E-state index in [2.05, 4.69) is 0 Å². The third-order valence-electron chi connectivity index (χ3n) is 6.52. The molecule has 4 rings (SSSR count). The summed E-state index contributed by atoms with van der Waals surface area (Å²) in [6.45, 7) is 4.26. The normalized spacial score (nSPS) is 14.2. The highest BCUT2D eigenvalue weighted by atomic mass is 35.5. The van der Waals surface area contributed by atoms with Gasteiger partial charge in [-0.25, -0.2) is 4.79 Å². The first kappa shape index (κ1) is 31.6. The van der Waals surface area contributed by atoms with Gasteiger partial charge < -0.3 is 19.5 Å². The Hall–Kier alpha value is -3.37. The molecule has 0 bridgehead atoms. The average molecular weight is 625 g/mol. The van der Waals surface area contributed by atoms with Crippen LogP contribution in [0.1, 0.15) is 34.8 Å². The maximum Gasteiger partial charge on any atom is 0.335 e. The van der Waals surface area contributed by atoms with E-state index >= 15 is 0 Å². The molecule has 220 valence electrons.